The minimum atomic E-state index is -0.463. The van der Waals surface area contributed by atoms with Crippen LogP contribution in [0.15, 0.2) is 60.7 Å². The Labute approximate surface area is 271 Å². The van der Waals surface area contributed by atoms with Gasteiger partial charge in [-0.05, 0) is 110 Å². The summed E-state index contributed by atoms with van der Waals surface area (Å²) >= 11 is 0. The standard InChI is InChI=1S/C38H46O8/c1-24(39)44-31-20-29(10-8-26-9-11-32(40)35(17-26)43-2)45-34(21-31)28-18-33(41)37(42)36(19-28)46-30-13-15-38(23-30)14-12-27(22-38)16-25-6-4-3-5-7-25/h3-7,9,11,17-19,27,29-31,34,40-42H,8,10,12-16,20-23H2,1-2H3. The summed E-state index contributed by atoms with van der Waals surface area (Å²) in [5.74, 6) is 0.583. The second kappa shape index (κ2) is 13.8. The minimum absolute atomic E-state index is 0.0351. The molecule has 246 valence electrons. The van der Waals surface area contributed by atoms with Crippen molar-refractivity contribution in [3.63, 3.8) is 0 Å². The fourth-order valence-electron chi connectivity index (χ4n) is 8.09. The van der Waals surface area contributed by atoms with Crippen molar-refractivity contribution in [2.24, 2.45) is 11.3 Å². The van der Waals surface area contributed by atoms with Gasteiger partial charge in [-0.1, -0.05) is 36.4 Å². The molecule has 46 heavy (non-hydrogen) atoms. The minimum Gasteiger partial charge on any atom is -0.504 e. The average molecular weight is 631 g/mol. The van der Waals surface area contributed by atoms with Gasteiger partial charge in [0.15, 0.2) is 23.0 Å². The van der Waals surface area contributed by atoms with Crippen molar-refractivity contribution in [1.29, 1.82) is 0 Å². The van der Waals surface area contributed by atoms with Crippen LogP contribution in [-0.4, -0.2) is 46.7 Å². The molecular weight excluding hydrogens is 584 g/mol. The first-order valence-electron chi connectivity index (χ1n) is 16.6. The number of hydrogen-bond acceptors (Lipinski definition) is 8. The summed E-state index contributed by atoms with van der Waals surface area (Å²) in [6.07, 6.45) is 8.97. The fourth-order valence-corrected chi connectivity index (χ4v) is 8.09. The van der Waals surface area contributed by atoms with E-state index in [1.165, 1.54) is 44.9 Å². The Balaban J connectivity index is 1.12. The Morgan fingerprint density at radius 3 is 2.48 bits per heavy atom. The number of phenolic OH excluding ortho intramolecular Hbond substituents is 3. The first kappa shape index (κ1) is 32.0. The van der Waals surface area contributed by atoms with Crippen LogP contribution in [0.4, 0.5) is 0 Å². The van der Waals surface area contributed by atoms with E-state index in [9.17, 15) is 20.1 Å². The molecule has 0 aromatic heterocycles. The molecule has 1 saturated heterocycles. The van der Waals surface area contributed by atoms with E-state index < -0.39 is 6.10 Å². The van der Waals surface area contributed by atoms with Crippen LogP contribution in [0, 0.1) is 11.3 Å². The molecule has 3 aromatic carbocycles. The quantitative estimate of drug-likeness (QED) is 0.155. The van der Waals surface area contributed by atoms with E-state index in [0.29, 0.717) is 42.9 Å². The van der Waals surface area contributed by atoms with Crippen molar-refractivity contribution in [3.05, 3.63) is 77.4 Å². The number of methoxy groups -OCH3 is 1. The third kappa shape index (κ3) is 7.55. The molecule has 1 spiro atoms. The largest absolute Gasteiger partial charge is 0.504 e. The first-order chi connectivity index (χ1) is 22.2. The van der Waals surface area contributed by atoms with Gasteiger partial charge < -0.3 is 34.3 Å². The van der Waals surface area contributed by atoms with Crippen molar-refractivity contribution in [1.82, 2.24) is 0 Å². The number of rotatable bonds is 10. The molecule has 0 radical (unpaired) electrons. The Kier molecular flexibility index (Phi) is 9.64. The van der Waals surface area contributed by atoms with Crippen LogP contribution < -0.4 is 9.47 Å². The van der Waals surface area contributed by atoms with Crippen molar-refractivity contribution in [3.8, 4) is 28.7 Å². The highest BCUT2D eigenvalue weighted by Gasteiger charge is 2.45. The number of carbonyl (C=O) groups is 1. The number of hydrogen-bond donors (Lipinski definition) is 3. The maximum atomic E-state index is 11.9. The van der Waals surface area contributed by atoms with Crippen molar-refractivity contribution < 1.29 is 39.1 Å². The lowest BCUT2D eigenvalue weighted by Crippen LogP contribution is -2.34. The predicted molar refractivity (Wildman–Crippen MR) is 173 cm³/mol. The van der Waals surface area contributed by atoms with Gasteiger partial charge in [-0.2, -0.15) is 0 Å². The van der Waals surface area contributed by atoms with Gasteiger partial charge in [0, 0.05) is 19.8 Å². The molecule has 1 aliphatic heterocycles. The molecular formula is C38H46O8. The molecule has 3 fully saturated rings. The Morgan fingerprint density at radius 2 is 1.70 bits per heavy atom. The number of esters is 1. The normalized spacial score (nSPS) is 27.5. The van der Waals surface area contributed by atoms with Crippen molar-refractivity contribution in [2.45, 2.75) is 102 Å². The van der Waals surface area contributed by atoms with Crippen LogP contribution in [0.2, 0.25) is 0 Å². The van der Waals surface area contributed by atoms with E-state index in [1.807, 2.05) is 12.1 Å². The van der Waals surface area contributed by atoms with E-state index in [0.717, 1.165) is 31.2 Å². The number of ether oxygens (including phenoxy) is 4. The highest BCUT2D eigenvalue weighted by atomic mass is 16.6. The molecule has 1 heterocycles. The summed E-state index contributed by atoms with van der Waals surface area (Å²) in [4.78, 5) is 11.9. The van der Waals surface area contributed by atoms with E-state index in [2.05, 4.69) is 30.3 Å². The van der Waals surface area contributed by atoms with Gasteiger partial charge in [0.2, 0.25) is 5.75 Å². The third-order valence-corrected chi connectivity index (χ3v) is 10.3. The smallest absolute Gasteiger partial charge is 0.302 e. The van der Waals surface area contributed by atoms with Crippen LogP contribution in [-0.2, 0) is 27.1 Å². The Hall–Kier alpha value is -3.91. The van der Waals surface area contributed by atoms with Crippen molar-refractivity contribution >= 4 is 5.97 Å². The summed E-state index contributed by atoms with van der Waals surface area (Å²) in [6, 6.07) is 19.3. The molecule has 6 atom stereocenters. The number of aromatic hydroxyl groups is 3. The fraction of sp³-hybridized carbons (Fsp3) is 0.500. The summed E-state index contributed by atoms with van der Waals surface area (Å²) in [5.41, 5.74) is 3.34. The lowest BCUT2D eigenvalue weighted by atomic mass is 9.83. The molecule has 0 amide bonds. The highest BCUT2D eigenvalue weighted by molar-refractivity contribution is 5.66. The van der Waals surface area contributed by atoms with Crippen molar-refractivity contribution in [2.75, 3.05) is 7.11 Å². The maximum Gasteiger partial charge on any atom is 0.302 e. The maximum absolute atomic E-state index is 11.9. The molecule has 6 rings (SSSR count). The van der Waals surface area contributed by atoms with Gasteiger partial charge in [0.1, 0.15) is 6.10 Å². The molecule has 2 aliphatic carbocycles. The molecule has 3 aliphatic rings. The van der Waals surface area contributed by atoms with Crippen LogP contribution in [0.1, 0.15) is 87.5 Å². The molecule has 8 heteroatoms. The molecule has 3 aromatic rings. The van der Waals surface area contributed by atoms with Gasteiger partial charge in [-0.25, -0.2) is 0 Å². The van der Waals surface area contributed by atoms with E-state index in [1.54, 1.807) is 12.1 Å². The summed E-state index contributed by atoms with van der Waals surface area (Å²) < 4.78 is 23.9. The summed E-state index contributed by atoms with van der Waals surface area (Å²) in [5, 5.41) is 31.5. The molecule has 6 unspecified atom stereocenters. The summed E-state index contributed by atoms with van der Waals surface area (Å²) in [6.45, 7) is 1.41. The number of carbonyl (C=O) groups excluding carboxylic acids is 1. The molecule has 8 nitrogen and oxygen atoms in total. The zero-order valence-electron chi connectivity index (χ0n) is 26.8. The lowest BCUT2D eigenvalue weighted by molar-refractivity contribution is -0.160. The number of benzene rings is 3. The zero-order valence-corrected chi connectivity index (χ0v) is 26.8. The van der Waals surface area contributed by atoms with Gasteiger partial charge in [-0.15, -0.1) is 0 Å². The second-order valence-electron chi connectivity index (χ2n) is 13.7. The SMILES string of the molecule is COc1cc(CCC2CC(OC(C)=O)CC(c3cc(O)c(O)c(OC4CCC5(CCC(Cc6ccccc6)C5)C4)c3)O2)ccc1O. The molecule has 3 N–H and O–H groups in total. The molecule has 0 bridgehead atoms. The Morgan fingerprint density at radius 1 is 0.891 bits per heavy atom. The van der Waals surface area contributed by atoms with Gasteiger partial charge in [-0.3, -0.25) is 4.79 Å². The first-order valence-corrected chi connectivity index (χ1v) is 16.6. The molecule has 2 saturated carbocycles. The summed E-state index contributed by atoms with van der Waals surface area (Å²) in [7, 11) is 1.52. The lowest BCUT2D eigenvalue weighted by Gasteiger charge is -2.35. The topological polar surface area (TPSA) is 115 Å². The van der Waals surface area contributed by atoms with Gasteiger partial charge in [0.05, 0.1) is 25.4 Å². The van der Waals surface area contributed by atoms with Gasteiger partial charge >= 0.3 is 5.97 Å². The van der Waals surface area contributed by atoms with Crippen LogP contribution in [0.3, 0.4) is 0 Å². The second-order valence-corrected chi connectivity index (χ2v) is 13.7. The average Bonchev–Trinajstić information content (AvgIpc) is 3.63. The third-order valence-electron chi connectivity index (χ3n) is 10.3. The number of phenols is 3. The van der Waals surface area contributed by atoms with Crippen LogP contribution in [0.5, 0.6) is 28.7 Å². The Bertz CT molecular complexity index is 1510. The van der Waals surface area contributed by atoms with E-state index in [4.69, 9.17) is 18.9 Å². The van der Waals surface area contributed by atoms with Crippen LogP contribution >= 0.6 is 0 Å². The zero-order chi connectivity index (χ0) is 32.3. The van der Waals surface area contributed by atoms with Crippen LogP contribution in [0.25, 0.3) is 0 Å². The van der Waals surface area contributed by atoms with E-state index >= 15 is 0 Å². The van der Waals surface area contributed by atoms with Gasteiger partial charge in [0.25, 0.3) is 0 Å². The predicted octanol–water partition coefficient (Wildman–Crippen LogP) is 7.56. The van der Waals surface area contributed by atoms with E-state index in [-0.39, 0.29) is 52.7 Å². The highest BCUT2D eigenvalue weighted by Crippen LogP contribution is 2.54. The number of aryl methyl sites for hydroxylation is 1. The monoisotopic (exact) mass is 630 g/mol.